The molecule has 4 heteroatoms. The first-order chi connectivity index (χ1) is 6.58. The molecule has 0 amide bonds. The van der Waals surface area contributed by atoms with Gasteiger partial charge in [-0.25, -0.2) is 0 Å². The minimum atomic E-state index is -0.388. The van der Waals surface area contributed by atoms with E-state index >= 15 is 0 Å². The Morgan fingerprint density at radius 3 is 2.33 bits per heavy atom. The number of carbonyl (C=O) groups is 1. The fraction of sp³-hybridized carbons (Fsp3) is 0.182. The van der Waals surface area contributed by atoms with E-state index in [-0.39, 0.29) is 41.2 Å². The van der Waals surface area contributed by atoms with Crippen molar-refractivity contribution in [3.8, 4) is 0 Å². The summed E-state index contributed by atoms with van der Waals surface area (Å²) < 4.78 is 0. The number of nitrogens with one attached hydrogen (secondary N) is 1. The Morgan fingerprint density at radius 2 is 1.87 bits per heavy atom. The average molecular weight is 213 g/mol. The first kappa shape index (κ1) is 14.2. The summed E-state index contributed by atoms with van der Waals surface area (Å²) in [5, 5.41) is 13.7. The fourth-order valence-corrected chi connectivity index (χ4v) is 1.000. The zero-order valence-electron chi connectivity index (χ0n) is 9.20. The van der Waals surface area contributed by atoms with E-state index in [1.165, 1.54) is 6.92 Å². The summed E-state index contributed by atoms with van der Waals surface area (Å²) >= 11 is 0. The summed E-state index contributed by atoms with van der Waals surface area (Å²) in [6.45, 7) is 3.31. The van der Waals surface area contributed by atoms with Gasteiger partial charge >= 0.3 is 29.6 Å². The summed E-state index contributed by atoms with van der Waals surface area (Å²) in [5.74, 6) is -0.643. The third-order valence-electron chi connectivity index (χ3n) is 1.65. The molecule has 15 heavy (non-hydrogen) atoms. The zero-order valence-corrected chi connectivity index (χ0v) is 11.2. The van der Waals surface area contributed by atoms with E-state index in [9.17, 15) is 9.90 Å². The number of hydrogen-bond donors (Lipinski definition) is 1. The topological polar surface area (TPSA) is 52.2 Å². The number of aryl methyl sites for hydroxylation is 1. The zero-order chi connectivity index (χ0) is 10.6. The first-order valence-electron chi connectivity index (χ1n) is 4.31. The molecule has 0 aliphatic carbocycles. The summed E-state index contributed by atoms with van der Waals surface area (Å²) in [7, 11) is 0. The van der Waals surface area contributed by atoms with Crippen LogP contribution in [0, 0.1) is 6.92 Å². The predicted octanol–water partition coefficient (Wildman–Crippen LogP) is -1.80. The Kier molecular flexibility index (Phi) is 6.32. The second-order valence-electron chi connectivity index (χ2n) is 3.11. The number of hydrogen-bond acceptors (Lipinski definition) is 3. The van der Waals surface area contributed by atoms with Crippen LogP contribution >= 0.6 is 0 Å². The van der Waals surface area contributed by atoms with E-state index in [4.69, 9.17) is 0 Å². The largest absolute Gasteiger partial charge is 1.00 e. The molecule has 0 saturated heterocycles. The Hall–Kier alpha value is -0.770. The van der Waals surface area contributed by atoms with Crippen molar-refractivity contribution in [1.82, 2.24) is 0 Å². The molecule has 0 atom stereocenters. The fourth-order valence-electron chi connectivity index (χ4n) is 1.000. The number of carbonyl (C=O) groups excluding carboxylic acids is 1. The second-order valence-corrected chi connectivity index (χ2v) is 3.11. The van der Waals surface area contributed by atoms with Gasteiger partial charge < -0.3 is 10.4 Å². The molecule has 0 unspecified atom stereocenters. The van der Waals surface area contributed by atoms with Crippen LogP contribution in [0.4, 0.5) is 5.69 Å². The quantitative estimate of drug-likeness (QED) is 0.366. The second kappa shape index (κ2) is 6.67. The number of allylic oxidation sites excluding steroid dienone is 1. The summed E-state index contributed by atoms with van der Waals surface area (Å²) in [4.78, 5) is 10.6. The van der Waals surface area contributed by atoms with E-state index in [0.29, 0.717) is 5.69 Å². The summed E-state index contributed by atoms with van der Waals surface area (Å²) in [6.07, 6.45) is 1.03. The van der Waals surface area contributed by atoms with Gasteiger partial charge in [0.05, 0.1) is 0 Å². The van der Waals surface area contributed by atoms with Crippen LogP contribution in [0.3, 0.4) is 0 Å². The van der Waals surface area contributed by atoms with Gasteiger partial charge in [0.1, 0.15) is 0 Å². The Morgan fingerprint density at radius 1 is 1.33 bits per heavy atom. The van der Waals surface area contributed by atoms with E-state index in [1.807, 2.05) is 19.1 Å². The summed E-state index contributed by atoms with van der Waals surface area (Å²) in [6, 6.07) is 7.37. The maximum Gasteiger partial charge on any atom is 1.00 e. The minimum Gasteiger partial charge on any atom is -0.860 e. The monoisotopic (exact) mass is 213 g/mol. The van der Waals surface area contributed by atoms with E-state index in [0.717, 1.165) is 11.6 Å². The third kappa shape index (κ3) is 5.62. The number of ketones is 1. The molecule has 3 nitrogen and oxygen atoms in total. The molecule has 0 aromatic heterocycles. The van der Waals surface area contributed by atoms with Crippen molar-refractivity contribution < 1.29 is 39.5 Å². The third-order valence-corrected chi connectivity index (χ3v) is 1.65. The maximum atomic E-state index is 11.1. The smallest absolute Gasteiger partial charge is 0.860 e. The molecule has 0 bridgehead atoms. The molecular formula is C11H12NNaO2. The average Bonchev–Trinajstić information content (AvgIpc) is 2.07. The normalized spacial score (nSPS) is 10.4. The molecule has 0 aliphatic heterocycles. The van der Waals surface area contributed by atoms with Gasteiger partial charge in [0, 0.05) is 5.69 Å². The van der Waals surface area contributed by atoms with Gasteiger partial charge in [-0.1, -0.05) is 17.7 Å². The Labute approximate surface area is 111 Å². The van der Waals surface area contributed by atoms with E-state index in [2.05, 4.69) is 5.32 Å². The molecule has 1 aromatic carbocycles. The van der Waals surface area contributed by atoms with Crippen LogP contribution in [0.2, 0.25) is 0 Å². The molecule has 74 valence electrons. The molecule has 1 rings (SSSR count). The minimum absolute atomic E-state index is 0. The van der Waals surface area contributed by atoms with Gasteiger partial charge in [-0.2, -0.15) is 0 Å². The van der Waals surface area contributed by atoms with E-state index < -0.39 is 0 Å². The van der Waals surface area contributed by atoms with Crippen LogP contribution in [-0.2, 0) is 4.79 Å². The maximum absolute atomic E-state index is 11.1. The molecule has 0 fully saturated rings. The molecule has 1 N–H and O–H groups in total. The van der Waals surface area contributed by atoms with Crippen LogP contribution in [0.15, 0.2) is 36.2 Å². The first-order valence-corrected chi connectivity index (χ1v) is 4.31. The van der Waals surface area contributed by atoms with Gasteiger partial charge in [0.25, 0.3) is 0 Å². The molecule has 0 aliphatic rings. The number of anilines is 1. The number of benzene rings is 1. The van der Waals surface area contributed by atoms with Crippen molar-refractivity contribution in [1.29, 1.82) is 0 Å². The molecule has 0 saturated carbocycles. The van der Waals surface area contributed by atoms with Crippen LogP contribution in [0.25, 0.3) is 0 Å². The van der Waals surface area contributed by atoms with Crippen LogP contribution in [0.5, 0.6) is 0 Å². The summed E-state index contributed by atoms with van der Waals surface area (Å²) in [5.41, 5.74) is 1.82. The molecule has 0 spiro atoms. The van der Waals surface area contributed by atoms with Crippen molar-refractivity contribution in [2.45, 2.75) is 13.8 Å². The van der Waals surface area contributed by atoms with Crippen molar-refractivity contribution >= 4 is 11.5 Å². The van der Waals surface area contributed by atoms with Crippen molar-refractivity contribution in [2.24, 2.45) is 0 Å². The van der Waals surface area contributed by atoms with Gasteiger partial charge in [0.2, 0.25) is 0 Å². The Balaban J connectivity index is 0.00000196. The molecule has 0 radical (unpaired) electrons. The van der Waals surface area contributed by atoms with Crippen LogP contribution < -0.4 is 40.0 Å². The van der Waals surface area contributed by atoms with E-state index in [1.54, 1.807) is 12.1 Å². The van der Waals surface area contributed by atoms with Crippen LogP contribution in [0.1, 0.15) is 12.5 Å². The molecular weight excluding hydrogens is 201 g/mol. The van der Waals surface area contributed by atoms with Crippen molar-refractivity contribution in [3.63, 3.8) is 0 Å². The van der Waals surface area contributed by atoms with Gasteiger partial charge in [-0.3, -0.25) is 4.79 Å². The SMILES string of the molecule is CC(=O)/C=C(\[O-])Nc1ccc(C)cc1.[Na+]. The number of rotatable bonds is 3. The molecule has 0 heterocycles. The standard InChI is InChI=1S/C11H13NO2.Na/c1-8-3-5-10(6-4-8)12-11(14)7-9(2)13;/h3-7,12,14H,1-2H3;/q;+1/p-1/b11-7-;. The Bertz CT molecular complexity index is 357. The molecule has 1 aromatic rings. The van der Waals surface area contributed by atoms with Gasteiger partial charge in [-0.05, 0) is 37.9 Å². The van der Waals surface area contributed by atoms with Gasteiger partial charge in [-0.15, -0.1) is 0 Å². The van der Waals surface area contributed by atoms with Crippen LogP contribution in [-0.4, -0.2) is 5.78 Å². The predicted molar refractivity (Wildman–Crippen MR) is 53.6 cm³/mol. The van der Waals surface area contributed by atoms with Crippen molar-refractivity contribution in [3.05, 3.63) is 41.8 Å². The van der Waals surface area contributed by atoms with Crippen molar-refractivity contribution in [2.75, 3.05) is 5.32 Å². The van der Waals surface area contributed by atoms with Gasteiger partial charge in [0.15, 0.2) is 5.78 Å².